The maximum absolute atomic E-state index is 12.7. The van der Waals surface area contributed by atoms with E-state index in [1.807, 2.05) is 12.1 Å². The highest BCUT2D eigenvalue weighted by atomic mass is 35.5. The number of thioether (sulfide) groups is 1. The zero-order valence-corrected chi connectivity index (χ0v) is 17.9. The maximum Gasteiger partial charge on any atom is 0.247 e. The van der Waals surface area contributed by atoms with Gasteiger partial charge in [0, 0.05) is 29.9 Å². The molecule has 1 aliphatic rings. The van der Waals surface area contributed by atoms with E-state index in [4.69, 9.17) is 16.0 Å². The predicted octanol–water partition coefficient (Wildman–Crippen LogP) is 4.25. The summed E-state index contributed by atoms with van der Waals surface area (Å²) in [5.41, 5.74) is 0.795. The molecule has 3 aromatic rings. The summed E-state index contributed by atoms with van der Waals surface area (Å²) >= 11 is 7.29. The van der Waals surface area contributed by atoms with E-state index in [0.29, 0.717) is 40.7 Å². The molecule has 1 aliphatic heterocycles. The molecule has 0 radical (unpaired) electrons. The summed E-state index contributed by atoms with van der Waals surface area (Å²) in [4.78, 5) is 4.51. The number of sulfonamides is 1. The molecule has 1 saturated heterocycles. The molecule has 1 aromatic carbocycles. The van der Waals surface area contributed by atoms with Crippen LogP contribution in [0.2, 0.25) is 5.02 Å². The second kappa shape index (κ2) is 8.83. The zero-order valence-electron chi connectivity index (χ0n) is 15.5. The van der Waals surface area contributed by atoms with Crippen molar-refractivity contribution < 1.29 is 12.8 Å². The number of halogens is 1. The van der Waals surface area contributed by atoms with Gasteiger partial charge >= 0.3 is 0 Å². The molecule has 0 amide bonds. The SMILES string of the molecule is O=S(=O)(c1ccc(SCc2nnc(-c3ccc(Cl)cc3)o2)nc1)N1CCCCC1. The number of hydrogen-bond donors (Lipinski definition) is 0. The van der Waals surface area contributed by atoms with Crippen molar-refractivity contribution in [1.29, 1.82) is 0 Å². The average Bonchev–Trinajstić information content (AvgIpc) is 3.23. The Hall–Kier alpha value is -1.94. The molecule has 4 rings (SSSR count). The predicted molar refractivity (Wildman–Crippen MR) is 111 cm³/mol. The number of pyridine rings is 1. The molecule has 0 spiro atoms. The van der Waals surface area contributed by atoms with Gasteiger partial charge in [0.05, 0.1) is 10.8 Å². The van der Waals surface area contributed by atoms with Crippen molar-refractivity contribution in [3.63, 3.8) is 0 Å². The molecule has 0 atom stereocenters. The molecule has 0 unspecified atom stereocenters. The standard InChI is InChI=1S/C19H19ClN4O3S2/c20-15-6-4-14(5-7-15)19-23-22-17(27-19)13-28-18-9-8-16(12-21-18)29(25,26)24-10-2-1-3-11-24/h4-9,12H,1-3,10-11,13H2. The highest BCUT2D eigenvalue weighted by molar-refractivity contribution is 7.98. The second-order valence-corrected chi connectivity index (χ2v) is 9.96. The number of benzene rings is 1. The summed E-state index contributed by atoms with van der Waals surface area (Å²) in [6, 6.07) is 10.5. The van der Waals surface area contributed by atoms with E-state index in [-0.39, 0.29) is 4.90 Å². The van der Waals surface area contributed by atoms with Crippen LogP contribution in [0.15, 0.2) is 56.9 Å². The van der Waals surface area contributed by atoms with Gasteiger partial charge in [-0.15, -0.1) is 10.2 Å². The topological polar surface area (TPSA) is 89.2 Å². The Bertz CT molecular complexity index is 1060. The van der Waals surface area contributed by atoms with Gasteiger partial charge in [-0.2, -0.15) is 4.31 Å². The molecule has 7 nitrogen and oxygen atoms in total. The number of nitrogens with zero attached hydrogens (tertiary/aromatic N) is 4. The Labute approximate surface area is 178 Å². The minimum absolute atomic E-state index is 0.228. The first kappa shape index (κ1) is 20.3. The van der Waals surface area contributed by atoms with Crippen molar-refractivity contribution in [3.05, 3.63) is 53.5 Å². The van der Waals surface area contributed by atoms with Gasteiger partial charge in [-0.25, -0.2) is 13.4 Å². The van der Waals surface area contributed by atoms with Gasteiger partial charge in [-0.05, 0) is 49.2 Å². The van der Waals surface area contributed by atoms with E-state index in [0.717, 1.165) is 24.8 Å². The molecular weight excluding hydrogens is 432 g/mol. The van der Waals surface area contributed by atoms with E-state index in [1.165, 1.54) is 22.3 Å². The Morgan fingerprint density at radius 3 is 2.48 bits per heavy atom. The fourth-order valence-corrected chi connectivity index (χ4v) is 5.28. The van der Waals surface area contributed by atoms with Gasteiger partial charge in [0.1, 0.15) is 4.90 Å². The molecule has 0 saturated carbocycles. The van der Waals surface area contributed by atoms with Gasteiger partial charge in [-0.3, -0.25) is 0 Å². The minimum Gasteiger partial charge on any atom is -0.420 e. The van der Waals surface area contributed by atoms with Crippen LogP contribution in [0.5, 0.6) is 0 Å². The lowest BCUT2D eigenvalue weighted by atomic mass is 10.2. The first-order chi connectivity index (χ1) is 14.0. The lowest BCUT2D eigenvalue weighted by Crippen LogP contribution is -2.35. The molecule has 152 valence electrons. The van der Waals surface area contributed by atoms with Crippen LogP contribution in [0.3, 0.4) is 0 Å². The number of rotatable bonds is 6. The van der Waals surface area contributed by atoms with E-state index in [2.05, 4.69) is 15.2 Å². The van der Waals surface area contributed by atoms with Crippen LogP contribution >= 0.6 is 23.4 Å². The van der Waals surface area contributed by atoms with Crippen molar-refractivity contribution in [3.8, 4) is 11.5 Å². The fourth-order valence-electron chi connectivity index (χ4n) is 3.02. The highest BCUT2D eigenvalue weighted by Gasteiger charge is 2.26. The third kappa shape index (κ3) is 4.80. The molecule has 0 bridgehead atoms. The van der Waals surface area contributed by atoms with Crippen LogP contribution in [-0.4, -0.2) is 41.0 Å². The van der Waals surface area contributed by atoms with Crippen molar-refractivity contribution in [2.45, 2.75) is 34.9 Å². The first-order valence-electron chi connectivity index (χ1n) is 9.20. The zero-order chi connectivity index (χ0) is 20.3. The molecule has 29 heavy (non-hydrogen) atoms. The Balaban J connectivity index is 1.39. The molecule has 2 aromatic heterocycles. The van der Waals surface area contributed by atoms with Crippen molar-refractivity contribution >= 4 is 33.4 Å². The van der Waals surface area contributed by atoms with Crippen molar-refractivity contribution in [2.24, 2.45) is 0 Å². The Morgan fingerprint density at radius 1 is 1.03 bits per heavy atom. The summed E-state index contributed by atoms with van der Waals surface area (Å²) in [5, 5.41) is 9.42. The number of aromatic nitrogens is 3. The van der Waals surface area contributed by atoms with Crippen molar-refractivity contribution in [2.75, 3.05) is 13.1 Å². The van der Waals surface area contributed by atoms with E-state index >= 15 is 0 Å². The number of piperidine rings is 1. The van der Waals surface area contributed by atoms with Crippen LogP contribution < -0.4 is 0 Å². The van der Waals surface area contributed by atoms with Crippen LogP contribution in [0, 0.1) is 0 Å². The summed E-state index contributed by atoms with van der Waals surface area (Å²) in [6.45, 7) is 1.15. The molecule has 0 N–H and O–H groups in total. The van der Waals surface area contributed by atoms with Gasteiger partial charge in [-0.1, -0.05) is 29.8 Å². The maximum atomic E-state index is 12.7. The monoisotopic (exact) mass is 450 g/mol. The van der Waals surface area contributed by atoms with Gasteiger partial charge in [0.2, 0.25) is 21.8 Å². The van der Waals surface area contributed by atoms with Crippen LogP contribution in [0.1, 0.15) is 25.2 Å². The highest BCUT2D eigenvalue weighted by Crippen LogP contribution is 2.26. The van der Waals surface area contributed by atoms with Gasteiger partial charge in [0.25, 0.3) is 0 Å². The van der Waals surface area contributed by atoms with E-state index < -0.39 is 10.0 Å². The molecule has 0 aliphatic carbocycles. The van der Waals surface area contributed by atoms with Gasteiger partial charge < -0.3 is 4.42 Å². The minimum atomic E-state index is -3.46. The summed E-state index contributed by atoms with van der Waals surface area (Å²) in [5.74, 6) is 1.33. The summed E-state index contributed by atoms with van der Waals surface area (Å²) in [6.07, 6.45) is 4.31. The largest absolute Gasteiger partial charge is 0.420 e. The smallest absolute Gasteiger partial charge is 0.247 e. The normalized spacial score (nSPS) is 15.5. The third-order valence-electron chi connectivity index (χ3n) is 4.56. The Morgan fingerprint density at radius 2 is 1.79 bits per heavy atom. The third-order valence-corrected chi connectivity index (χ3v) is 7.63. The van der Waals surface area contributed by atoms with Crippen molar-refractivity contribution in [1.82, 2.24) is 19.5 Å². The molecule has 10 heteroatoms. The summed E-state index contributed by atoms with van der Waals surface area (Å²) < 4.78 is 32.6. The Kier molecular flexibility index (Phi) is 6.19. The summed E-state index contributed by atoms with van der Waals surface area (Å²) in [7, 11) is -3.46. The van der Waals surface area contributed by atoms with Crippen LogP contribution in [0.4, 0.5) is 0 Å². The van der Waals surface area contributed by atoms with Crippen LogP contribution in [-0.2, 0) is 15.8 Å². The van der Waals surface area contributed by atoms with Crippen LogP contribution in [0.25, 0.3) is 11.5 Å². The first-order valence-corrected chi connectivity index (χ1v) is 12.0. The molecule has 1 fully saturated rings. The number of hydrogen-bond acceptors (Lipinski definition) is 7. The van der Waals surface area contributed by atoms with E-state index in [1.54, 1.807) is 24.3 Å². The average molecular weight is 451 g/mol. The lowest BCUT2D eigenvalue weighted by molar-refractivity contribution is 0.346. The quantitative estimate of drug-likeness (QED) is 0.518. The lowest BCUT2D eigenvalue weighted by Gasteiger charge is -2.25. The van der Waals surface area contributed by atoms with E-state index in [9.17, 15) is 8.42 Å². The second-order valence-electron chi connectivity index (χ2n) is 6.59. The van der Waals surface area contributed by atoms with Gasteiger partial charge in [0.15, 0.2) is 0 Å². The molecular formula is C19H19ClN4O3S2. The fraction of sp³-hybridized carbons (Fsp3) is 0.316. The molecule has 3 heterocycles.